The number of rotatable bonds is 10. The quantitative estimate of drug-likeness (QED) is 0.543. The molecule has 8 nitrogen and oxygen atoms in total. The van der Waals surface area contributed by atoms with Gasteiger partial charge in [-0.3, -0.25) is 9.80 Å². The number of nitrogens with zero attached hydrogens (tertiary/aromatic N) is 3. The van der Waals surface area contributed by atoms with Crippen LogP contribution in [-0.2, 0) is 20.5 Å². The summed E-state index contributed by atoms with van der Waals surface area (Å²) in [6.45, 7) is 4.94. The zero-order valence-electron chi connectivity index (χ0n) is 18.9. The molecular weight excluding hydrogens is 459 g/mol. The van der Waals surface area contributed by atoms with Crippen LogP contribution in [0.15, 0.2) is 48.5 Å². The van der Waals surface area contributed by atoms with Crippen LogP contribution in [0.4, 0.5) is 4.39 Å². The first-order valence-electron chi connectivity index (χ1n) is 11.3. The Morgan fingerprint density at radius 3 is 2.38 bits per heavy atom. The lowest BCUT2D eigenvalue weighted by molar-refractivity contribution is -0.138. The van der Waals surface area contributed by atoms with Crippen molar-refractivity contribution < 1.29 is 22.3 Å². The van der Waals surface area contributed by atoms with Crippen molar-refractivity contribution in [2.75, 3.05) is 52.4 Å². The number of hydrogen-bond acceptors (Lipinski definition) is 7. The summed E-state index contributed by atoms with van der Waals surface area (Å²) in [7, 11) is -3.38. The van der Waals surface area contributed by atoms with Gasteiger partial charge in [0.05, 0.1) is 29.6 Å². The highest BCUT2D eigenvalue weighted by Crippen LogP contribution is 2.20. The number of fused-ring (bicyclic) bond motifs is 2. The molecule has 2 atom stereocenters. The summed E-state index contributed by atoms with van der Waals surface area (Å²) in [6.07, 6.45) is 0.0835. The SMILES string of the molecule is N#Cc1ccc(OCCN2CC3CN(CCNS(=O)(=O)Cc4ccccc4)CC(C2)O3)c(F)c1. The maximum atomic E-state index is 14.0. The molecule has 4 rings (SSSR count). The number of morpholine rings is 2. The van der Waals surface area contributed by atoms with Crippen LogP contribution in [0.2, 0.25) is 0 Å². The highest BCUT2D eigenvalue weighted by molar-refractivity contribution is 7.88. The van der Waals surface area contributed by atoms with Crippen LogP contribution in [0.3, 0.4) is 0 Å². The third-order valence-corrected chi connectivity index (χ3v) is 7.27. The molecular formula is C24H29FN4O4S. The van der Waals surface area contributed by atoms with Crippen molar-refractivity contribution in [1.29, 1.82) is 5.26 Å². The smallest absolute Gasteiger partial charge is 0.215 e. The fourth-order valence-electron chi connectivity index (χ4n) is 4.40. The van der Waals surface area contributed by atoms with Gasteiger partial charge in [-0.25, -0.2) is 17.5 Å². The lowest BCUT2D eigenvalue weighted by Crippen LogP contribution is -2.60. The van der Waals surface area contributed by atoms with Crippen molar-refractivity contribution in [3.05, 3.63) is 65.5 Å². The highest BCUT2D eigenvalue weighted by Gasteiger charge is 2.34. The standard InChI is InChI=1S/C24H29FN4O4S/c25-23-12-20(13-26)6-7-24(23)32-11-10-29-16-21-14-28(15-22(17-29)33-21)9-8-27-34(30,31)18-19-4-2-1-3-5-19/h1-7,12,21-22,27H,8-11,14-18H2. The summed E-state index contributed by atoms with van der Waals surface area (Å²) in [5.41, 5.74) is 1.03. The molecule has 2 aliphatic rings. The predicted octanol–water partition coefficient (Wildman–Crippen LogP) is 1.58. The van der Waals surface area contributed by atoms with Gasteiger partial charge in [0.1, 0.15) is 6.61 Å². The van der Waals surface area contributed by atoms with E-state index in [4.69, 9.17) is 14.7 Å². The fraction of sp³-hybridized carbons (Fsp3) is 0.458. The van der Waals surface area contributed by atoms with Crippen LogP contribution in [-0.4, -0.2) is 82.8 Å². The molecule has 2 unspecified atom stereocenters. The number of hydrogen-bond donors (Lipinski definition) is 1. The van der Waals surface area contributed by atoms with E-state index in [0.29, 0.717) is 26.2 Å². The van der Waals surface area contributed by atoms with E-state index >= 15 is 0 Å². The van der Waals surface area contributed by atoms with Gasteiger partial charge in [-0.2, -0.15) is 5.26 Å². The van der Waals surface area contributed by atoms with Crippen LogP contribution in [0.25, 0.3) is 0 Å². The summed E-state index contributed by atoms with van der Waals surface area (Å²) < 4.78 is 52.9. The van der Waals surface area contributed by atoms with E-state index in [2.05, 4.69) is 14.5 Å². The van der Waals surface area contributed by atoms with Crippen molar-refractivity contribution >= 4 is 10.0 Å². The van der Waals surface area contributed by atoms with E-state index < -0.39 is 15.8 Å². The number of halogens is 1. The van der Waals surface area contributed by atoms with Crippen molar-refractivity contribution in [3.8, 4) is 11.8 Å². The Hall–Kier alpha value is -2.55. The van der Waals surface area contributed by atoms with Gasteiger partial charge in [0.2, 0.25) is 10.0 Å². The molecule has 2 aromatic rings. The first-order valence-corrected chi connectivity index (χ1v) is 13.0. The largest absolute Gasteiger partial charge is 0.489 e. The maximum Gasteiger partial charge on any atom is 0.215 e. The van der Waals surface area contributed by atoms with Gasteiger partial charge in [0, 0.05) is 45.8 Å². The molecule has 2 aromatic carbocycles. The van der Waals surface area contributed by atoms with Gasteiger partial charge in [-0.05, 0) is 23.8 Å². The second kappa shape index (κ2) is 11.3. The Morgan fingerprint density at radius 2 is 1.74 bits per heavy atom. The molecule has 0 saturated carbocycles. The monoisotopic (exact) mass is 488 g/mol. The minimum absolute atomic E-state index is 0.0222. The number of ether oxygens (including phenoxy) is 2. The molecule has 0 radical (unpaired) electrons. The van der Waals surface area contributed by atoms with E-state index in [1.54, 1.807) is 12.1 Å². The average Bonchev–Trinajstić information content (AvgIpc) is 2.80. The van der Waals surface area contributed by atoms with Crippen molar-refractivity contribution in [1.82, 2.24) is 14.5 Å². The van der Waals surface area contributed by atoms with Crippen molar-refractivity contribution in [2.24, 2.45) is 0 Å². The minimum Gasteiger partial charge on any atom is -0.489 e. The number of nitrogens with one attached hydrogen (secondary N) is 1. The topological polar surface area (TPSA) is 94.9 Å². The van der Waals surface area contributed by atoms with E-state index in [-0.39, 0.29) is 29.3 Å². The van der Waals surface area contributed by atoms with Crippen LogP contribution in [0, 0.1) is 17.1 Å². The van der Waals surface area contributed by atoms with Gasteiger partial charge in [0.15, 0.2) is 11.6 Å². The van der Waals surface area contributed by atoms with E-state index in [1.165, 1.54) is 18.2 Å². The third-order valence-electron chi connectivity index (χ3n) is 5.91. The Kier molecular flexibility index (Phi) is 8.13. The second-order valence-electron chi connectivity index (χ2n) is 8.64. The van der Waals surface area contributed by atoms with Crippen LogP contribution in [0.1, 0.15) is 11.1 Å². The van der Waals surface area contributed by atoms with Crippen molar-refractivity contribution in [3.63, 3.8) is 0 Å². The third kappa shape index (κ3) is 6.98. The summed E-state index contributed by atoms with van der Waals surface area (Å²) in [4.78, 5) is 4.49. The Balaban J connectivity index is 1.17. The van der Waals surface area contributed by atoms with Crippen LogP contribution < -0.4 is 9.46 Å². The van der Waals surface area contributed by atoms with Gasteiger partial charge in [-0.15, -0.1) is 0 Å². The van der Waals surface area contributed by atoms with E-state index in [9.17, 15) is 12.8 Å². The Labute approximate surface area is 199 Å². The zero-order valence-corrected chi connectivity index (χ0v) is 19.7. The Morgan fingerprint density at radius 1 is 1.06 bits per heavy atom. The van der Waals surface area contributed by atoms with Gasteiger partial charge < -0.3 is 9.47 Å². The molecule has 0 spiro atoms. The van der Waals surface area contributed by atoms with E-state index in [0.717, 1.165) is 31.7 Å². The number of benzene rings is 2. The fourth-order valence-corrected chi connectivity index (χ4v) is 5.54. The summed E-state index contributed by atoms with van der Waals surface area (Å²) >= 11 is 0. The van der Waals surface area contributed by atoms with Gasteiger partial charge in [-0.1, -0.05) is 30.3 Å². The second-order valence-corrected chi connectivity index (χ2v) is 10.5. The van der Waals surface area contributed by atoms with Crippen molar-refractivity contribution in [2.45, 2.75) is 18.0 Å². The zero-order chi connectivity index (χ0) is 24.0. The van der Waals surface area contributed by atoms with E-state index in [1.807, 2.05) is 24.3 Å². The summed E-state index contributed by atoms with van der Waals surface area (Å²) in [5, 5.41) is 8.82. The van der Waals surface area contributed by atoms with Crippen LogP contribution >= 0.6 is 0 Å². The molecule has 2 saturated heterocycles. The van der Waals surface area contributed by atoms with Gasteiger partial charge >= 0.3 is 0 Å². The first kappa shape index (κ1) is 24.6. The molecule has 0 aromatic heterocycles. The number of sulfonamides is 1. The molecule has 2 aliphatic heterocycles. The molecule has 2 bridgehead atoms. The maximum absolute atomic E-state index is 14.0. The number of nitriles is 1. The predicted molar refractivity (Wildman–Crippen MR) is 125 cm³/mol. The normalized spacial score (nSPS) is 21.2. The lowest BCUT2D eigenvalue weighted by Gasteiger charge is -2.45. The molecule has 182 valence electrons. The Bertz CT molecular complexity index is 1100. The average molecular weight is 489 g/mol. The van der Waals surface area contributed by atoms with Crippen LogP contribution in [0.5, 0.6) is 5.75 Å². The molecule has 10 heteroatoms. The summed E-state index contributed by atoms with van der Waals surface area (Å²) in [5.74, 6) is -0.410. The minimum atomic E-state index is -3.38. The first-order chi connectivity index (χ1) is 16.4. The molecule has 2 heterocycles. The molecule has 2 fully saturated rings. The summed E-state index contributed by atoms with van der Waals surface area (Å²) in [6, 6.07) is 15.2. The highest BCUT2D eigenvalue weighted by atomic mass is 32.2. The lowest BCUT2D eigenvalue weighted by atomic mass is 10.1. The molecule has 0 aliphatic carbocycles. The molecule has 34 heavy (non-hydrogen) atoms. The van der Waals surface area contributed by atoms with Gasteiger partial charge in [0.25, 0.3) is 0 Å². The molecule has 0 amide bonds. The molecule has 1 N–H and O–H groups in total.